The Morgan fingerprint density at radius 1 is 0.550 bits per heavy atom. The van der Waals surface area contributed by atoms with E-state index in [9.17, 15) is 8.78 Å². The summed E-state index contributed by atoms with van der Waals surface area (Å²) >= 11 is 5.58. The normalized spacial score (nSPS) is 12.1. The molecule has 194 valence electrons. The van der Waals surface area contributed by atoms with Crippen molar-refractivity contribution in [2.24, 2.45) is 8.73 Å². The third kappa shape index (κ3) is 4.20. The topological polar surface area (TPSA) is 50.5 Å². The summed E-state index contributed by atoms with van der Waals surface area (Å²) in [5.74, 6) is -0.900. The Balaban J connectivity index is 1.32. The summed E-state index contributed by atoms with van der Waals surface area (Å²) in [5.41, 5.74) is 7.93. The van der Waals surface area contributed by atoms with Crippen LogP contribution in [0.4, 0.5) is 20.2 Å². The summed E-state index contributed by atoms with van der Waals surface area (Å²) in [7, 11) is 0. The van der Waals surface area contributed by atoms with Crippen LogP contribution in [0, 0.1) is 0 Å². The summed E-state index contributed by atoms with van der Waals surface area (Å²) < 4.78 is 45.8. The average molecular weight is 599 g/mol. The summed E-state index contributed by atoms with van der Waals surface area (Å²) in [6, 6.07) is 22.8. The molecule has 0 N–H and O–H groups in total. The molecular weight excluding hydrogens is 583 g/mol. The summed E-state index contributed by atoms with van der Waals surface area (Å²) in [6.45, 7) is 6.74. The van der Waals surface area contributed by atoms with E-state index in [0.717, 1.165) is 64.2 Å². The van der Waals surface area contributed by atoms with Gasteiger partial charge in [-0.2, -0.15) is 17.5 Å². The lowest BCUT2D eigenvalue weighted by Gasteiger charge is -2.09. The molecule has 0 amide bonds. The number of thiophene rings is 2. The molecule has 40 heavy (non-hydrogen) atoms. The standard InChI is InChI=1S/C30H16F2N4S4/c1-15(31)17-3-7-19(8-4-17)21-11-13-23(37-21)25-27-29(35-39-33-27)26(30-28(25)34-40-36-30)24-14-12-22(38-24)20-9-5-18(6-10-20)16(2)32/h3-14H,1-2H2. The predicted octanol–water partition coefficient (Wildman–Crippen LogP) is 11.1. The lowest BCUT2D eigenvalue weighted by Crippen LogP contribution is -1.85. The van der Waals surface area contributed by atoms with Crippen LogP contribution in [0.5, 0.6) is 0 Å². The molecule has 0 radical (unpaired) electrons. The predicted molar refractivity (Wildman–Crippen MR) is 167 cm³/mol. The number of hydrogen-bond donors (Lipinski definition) is 0. The minimum absolute atomic E-state index is 0.450. The first-order valence-corrected chi connectivity index (χ1v) is 15.1. The van der Waals surface area contributed by atoms with Gasteiger partial charge in [-0.25, -0.2) is 8.78 Å². The van der Waals surface area contributed by atoms with E-state index in [0.29, 0.717) is 11.1 Å². The van der Waals surface area contributed by atoms with E-state index in [2.05, 4.69) is 37.4 Å². The van der Waals surface area contributed by atoms with Gasteiger partial charge in [-0.05, 0) is 35.4 Å². The minimum atomic E-state index is -0.450. The Morgan fingerprint density at radius 3 is 1.35 bits per heavy atom. The van der Waals surface area contributed by atoms with Crippen LogP contribution in [-0.2, 0) is 11.4 Å². The molecule has 4 heterocycles. The largest absolute Gasteiger partial charge is 0.207 e. The van der Waals surface area contributed by atoms with Crippen LogP contribution in [0.25, 0.3) is 64.4 Å². The molecular formula is C30H16F2N4S4. The third-order valence-corrected chi connectivity index (χ3v) is 9.95. The maximum Gasteiger partial charge on any atom is 0.123 e. The van der Waals surface area contributed by atoms with Gasteiger partial charge in [0.2, 0.25) is 0 Å². The van der Waals surface area contributed by atoms with E-state index in [1.807, 2.05) is 24.3 Å². The van der Waals surface area contributed by atoms with Gasteiger partial charge in [0.25, 0.3) is 0 Å². The highest BCUT2D eigenvalue weighted by Crippen LogP contribution is 2.54. The van der Waals surface area contributed by atoms with Gasteiger partial charge < -0.3 is 0 Å². The SMILES string of the molecule is C=C(F)c1ccc(-c2ccc(-c3c4c(c(-c5ccc(-c6ccc(C(=C)F)cc6)s5)c5nsnc35)N=S=N4)s2)cc1. The van der Waals surface area contributed by atoms with Crippen LogP contribution in [0.3, 0.4) is 0 Å². The Hall–Kier alpha value is -3.96. The van der Waals surface area contributed by atoms with Gasteiger partial charge in [0.05, 0.1) is 23.1 Å². The van der Waals surface area contributed by atoms with Crippen LogP contribution >= 0.6 is 34.4 Å². The van der Waals surface area contributed by atoms with Crippen LogP contribution in [0.15, 0.2) is 94.7 Å². The van der Waals surface area contributed by atoms with Crippen molar-refractivity contribution in [1.82, 2.24) is 8.75 Å². The monoisotopic (exact) mass is 598 g/mol. The smallest absolute Gasteiger partial charge is 0.123 e. The van der Waals surface area contributed by atoms with Crippen molar-refractivity contribution in [2.45, 2.75) is 0 Å². The van der Waals surface area contributed by atoms with Crippen LogP contribution in [0.2, 0.25) is 0 Å². The first-order chi connectivity index (χ1) is 19.5. The number of hydrogen-bond acceptors (Lipinski definition) is 7. The van der Waals surface area contributed by atoms with E-state index in [4.69, 9.17) is 17.5 Å². The Morgan fingerprint density at radius 2 is 0.950 bits per heavy atom. The van der Waals surface area contributed by atoms with E-state index in [-0.39, 0.29) is 0 Å². The van der Waals surface area contributed by atoms with Crippen molar-refractivity contribution >= 4 is 79.8 Å². The number of rotatable bonds is 6. The number of aromatic nitrogens is 2. The fourth-order valence-electron chi connectivity index (χ4n) is 4.61. The highest BCUT2D eigenvalue weighted by molar-refractivity contribution is 7.58. The second kappa shape index (κ2) is 9.90. The van der Waals surface area contributed by atoms with Gasteiger partial charge >= 0.3 is 0 Å². The molecule has 0 bridgehead atoms. The maximum absolute atomic E-state index is 13.5. The van der Waals surface area contributed by atoms with Gasteiger partial charge in [-0.15, -0.1) is 22.7 Å². The molecule has 0 saturated carbocycles. The maximum atomic E-state index is 13.5. The zero-order chi connectivity index (χ0) is 27.4. The van der Waals surface area contributed by atoms with Crippen molar-refractivity contribution in [3.05, 3.63) is 97.1 Å². The Labute approximate surface area is 243 Å². The fourth-order valence-corrected chi connectivity index (χ4v) is 7.85. The molecule has 0 unspecified atom stereocenters. The number of halogens is 2. The van der Waals surface area contributed by atoms with E-state index < -0.39 is 11.7 Å². The van der Waals surface area contributed by atoms with Crippen LogP contribution < -0.4 is 0 Å². The lowest BCUT2D eigenvalue weighted by atomic mass is 10.0. The van der Waals surface area contributed by atoms with E-state index in [1.54, 1.807) is 46.9 Å². The average Bonchev–Trinajstić information content (AvgIpc) is 3.78. The fraction of sp³-hybridized carbons (Fsp3) is 0. The Bertz CT molecular complexity index is 1900. The second-order valence-corrected chi connectivity index (χ2v) is 12.2. The highest BCUT2D eigenvalue weighted by atomic mass is 32.1. The van der Waals surface area contributed by atoms with Crippen LogP contribution in [-0.4, -0.2) is 8.75 Å². The van der Waals surface area contributed by atoms with Gasteiger partial charge in [-0.1, -0.05) is 61.7 Å². The number of fused-ring (bicyclic) bond motifs is 2. The molecule has 1 aliphatic rings. The molecule has 7 rings (SSSR count). The molecule has 0 atom stereocenters. The Kier molecular flexibility index (Phi) is 6.20. The number of nitrogens with zero attached hydrogens (tertiary/aromatic N) is 4. The molecule has 3 aromatic carbocycles. The van der Waals surface area contributed by atoms with Crippen molar-refractivity contribution in [1.29, 1.82) is 0 Å². The zero-order valence-corrected chi connectivity index (χ0v) is 23.8. The quantitative estimate of drug-likeness (QED) is 0.191. The van der Waals surface area contributed by atoms with Crippen LogP contribution in [0.1, 0.15) is 11.1 Å². The molecule has 0 fully saturated rings. The third-order valence-electron chi connectivity index (χ3n) is 6.59. The molecule has 1 aliphatic heterocycles. The van der Waals surface area contributed by atoms with Gasteiger partial charge in [0.1, 0.15) is 34.1 Å². The highest BCUT2D eigenvalue weighted by Gasteiger charge is 2.27. The summed E-state index contributed by atoms with van der Waals surface area (Å²) in [6.07, 6.45) is 0. The van der Waals surface area contributed by atoms with Crippen molar-refractivity contribution in [3.63, 3.8) is 0 Å². The van der Waals surface area contributed by atoms with Gasteiger partial charge in [0.15, 0.2) is 0 Å². The molecule has 3 aromatic heterocycles. The lowest BCUT2D eigenvalue weighted by molar-refractivity contribution is 0.763. The molecule has 6 aromatic rings. The van der Waals surface area contributed by atoms with Crippen molar-refractivity contribution in [2.75, 3.05) is 0 Å². The van der Waals surface area contributed by atoms with Crippen molar-refractivity contribution in [3.8, 4) is 41.8 Å². The van der Waals surface area contributed by atoms with Gasteiger partial charge in [-0.3, -0.25) is 0 Å². The second-order valence-electron chi connectivity index (χ2n) is 8.97. The summed E-state index contributed by atoms with van der Waals surface area (Å²) in [4.78, 5) is 4.12. The first-order valence-electron chi connectivity index (χ1n) is 12.0. The molecule has 0 spiro atoms. The molecule has 4 nitrogen and oxygen atoms in total. The molecule has 10 heteroatoms. The van der Waals surface area contributed by atoms with Crippen molar-refractivity contribution < 1.29 is 8.78 Å². The van der Waals surface area contributed by atoms with E-state index in [1.165, 1.54) is 23.1 Å². The first kappa shape index (κ1) is 25.0. The molecule has 0 aliphatic carbocycles. The summed E-state index contributed by atoms with van der Waals surface area (Å²) in [5, 5.41) is 0. The number of benzene rings is 3. The van der Waals surface area contributed by atoms with Gasteiger partial charge in [0, 0.05) is 41.8 Å². The molecule has 0 saturated heterocycles. The minimum Gasteiger partial charge on any atom is -0.207 e. The van der Waals surface area contributed by atoms with E-state index >= 15 is 0 Å². The zero-order valence-electron chi connectivity index (χ0n) is 20.5.